The van der Waals surface area contributed by atoms with Gasteiger partial charge in [0.05, 0.1) is 18.6 Å². The molecule has 3 rings (SSSR count). The van der Waals surface area contributed by atoms with Crippen molar-refractivity contribution in [2.45, 2.75) is 31.7 Å². The smallest absolute Gasteiger partial charge is 0.240 e. The third-order valence-electron chi connectivity index (χ3n) is 5.38. The molecule has 0 aromatic heterocycles. The molecule has 1 N–H and O–H groups in total. The van der Waals surface area contributed by atoms with Crippen LogP contribution < -0.4 is 5.32 Å². The molecule has 152 valence electrons. The molecule has 0 bridgehead atoms. The molecule has 2 aromatic rings. The van der Waals surface area contributed by atoms with Crippen molar-refractivity contribution >= 4 is 17.7 Å². The number of methoxy groups -OCH3 is 1. The summed E-state index contributed by atoms with van der Waals surface area (Å²) in [7, 11) is 1.52. The first-order valence-corrected chi connectivity index (χ1v) is 9.68. The zero-order valence-corrected chi connectivity index (χ0v) is 16.8. The van der Waals surface area contributed by atoms with Gasteiger partial charge in [0.2, 0.25) is 17.7 Å². The van der Waals surface area contributed by atoms with Crippen LogP contribution in [-0.4, -0.2) is 42.9 Å². The van der Waals surface area contributed by atoms with Crippen molar-refractivity contribution in [3.05, 3.63) is 71.3 Å². The number of rotatable bonds is 8. The predicted octanol–water partition coefficient (Wildman–Crippen LogP) is 2.34. The van der Waals surface area contributed by atoms with Crippen molar-refractivity contribution in [2.24, 2.45) is 0 Å². The summed E-state index contributed by atoms with van der Waals surface area (Å²) in [5.74, 6) is -0.860. The van der Waals surface area contributed by atoms with Gasteiger partial charge in [0.25, 0.3) is 0 Å². The van der Waals surface area contributed by atoms with E-state index in [2.05, 4.69) is 5.32 Å². The van der Waals surface area contributed by atoms with Gasteiger partial charge >= 0.3 is 0 Å². The third-order valence-corrected chi connectivity index (χ3v) is 5.38. The zero-order chi connectivity index (χ0) is 20.9. The molecule has 0 aliphatic carbocycles. The van der Waals surface area contributed by atoms with Crippen molar-refractivity contribution < 1.29 is 19.1 Å². The van der Waals surface area contributed by atoms with E-state index in [0.717, 1.165) is 16.7 Å². The topological polar surface area (TPSA) is 75.7 Å². The van der Waals surface area contributed by atoms with Gasteiger partial charge in [-0.2, -0.15) is 0 Å². The van der Waals surface area contributed by atoms with Crippen LogP contribution in [0, 0.1) is 6.92 Å². The average Bonchev–Trinajstić information content (AvgIpc) is 2.96. The lowest BCUT2D eigenvalue weighted by Crippen LogP contribution is -2.43. The van der Waals surface area contributed by atoms with Gasteiger partial charge in [-0.1, -0.05) is 54.6 Å². The van der Waals surface area contributed by atoms with E-state index < -0.39 is 5.41 Å². The zero-order valence-electron chi connectivity index (χ0n) is 16.8. The number of imide groups is 1. The van der Waals surface area contributed by atoms with Gasteiger partial charge in [-0.05, 0) is 23.6 Å². The number of ether oxygens (including phenoxy) is 1. The van der Waals surface area contributed by atoms with Crippen LogP contribution in [0.2, 0.25) is 0 Å². The number of hydrogen-bond donors (Lipinski definition) is 1. The van der Waals surface area contributed by atoms with E-state index in [4.69, 9.17) is 4.74 Å². The summed E-state index contributed by atoms with van der Waals surface area (Å²) in [5, 5.41) is 2.89. The van der Waals surface area contributed by atoms with Gasteiger partial charge in [-0.3, -0.25) is 19.3 Å². The number of hydrogen-bond acceptors (Lipinski definition) is 4. The van der Waals surface area contributed by atoms with Crippen LogP contribution in [-0.2, 0) is 31.1 Å². The summed E-state index contributed by atoms with van der Waals surface area (Å²) >= 11 is 0. The first kappa shape index (κ1) is 20.7. The third kappa shape index (κ3) is 4.38. The van der Waals surface area contributed by atoms with Gasteiger partial charge in [-0.15, -0.1) is 0 Å². The molecule has 1 atom stereocenters. The highest BCUT2D eigenvalue weighted by Gasteiger charge is 2.54. The van der Waals surface area contributed by atoms with Crippen molar-refractivity contribution in [2.75, 3.05) is 20.3 Å². The van der Waals surface area contributed by atoms with Crippen LogP contribution in [0.5, 0.6) is 0 Å². The Morgan fingerprint density at radius 2 is 1.79 bits per heavy atom. The molecular formula is C23H26N2O4. The highest BCUT2D eigenvalue weighted by molar-refractivity contribution is 6.10. The number of benzene rings is 2. The van der Waals surface area contributed by atoms with Crippen molar-refractivity contribution in [3.63, 3.8) is 0 Å². The molecule has 29 heavy (non-hydrogen) atoms. The van der Waals surface area contributed by atoms with Crippen LogP contribution in [0.4, 0.5) is 0 Å². The minimum Gasteiger partial charge on any atom is -0.383 e. The van der Waals surface area contributed by atoms with Crippen molar-refractivity contribution in [1.29, 1.82) is 0 Å². The van der Waals surface area contributed by atoms with Gasteiger partial charge in [0.1, 0.15) is 0 Å². The number of amides is 3. The molecule has 6 nitrogen and oxygen atoms in total. The summed E-state index contributed by atoms with van der Waals surface area (Å²) in [4.78, 5) is 40.1. The highest BCUT2D eigenvalue weighted by Crippen LogP contribution is 2.41. The molecule has 1 aliphatic rings. The maximum atomic E-state index is 13.4. The Morgan fingerprint density at radius 3 is 2.48 bits per heavy atom. The molecular weight excluding hydrogens is 368 g/mol. The molecule has 0 saturated carbocycles. The number of carbonyl (C=O) groups excluding carboxylic acids is 3. The maximum Gasteiger partial charge on any atom is 0.240 e. The Morgan fingerprint density at radius 1 is 1.10 bits per heavy atom. The molecule has 1 saturated heterocycles. The lowest BCUT2D eigenvalue weighted by molar-refractivity contribution is -0.141. The van der Waals surface area contributed by atoms with Crippen molar-refractivity contribution in [3.8, 4) is 0 Å². The van der Waals surface area contributed by atoms with Gasteiger partial charge in [-0.25, -0.2) is 0 Å². The number of nitrogens with zero attached hydrogens (tertiary/aromatic N) is 1. The summed E-state index contributed by atoms with van der Waals surface area (Å²) < 4.78 is 5.04. The molecule has 1 unspecified atom stereocenters. The van der Waals surface area contributed by atoms with Crippen LogP contribution >= 0.6 is 0 Å². The fourth-order valence-electron chi connectivity index (χ4n) is 3.90. The van der Waals surface area contributed by atoms with E-state index in [-0.39, 0.29) is 43.7 Å². The minimum absolute atomic E-state index is 0.0147. The number of aryl methyl sites for hydroxylation is 1. The quantitative estimate of drug-likeness (QED) is 0.698. The second-order valence-corrected chi connectivity index (χ2v) is 7.36. The highest BCUT2D eigenvalue weighted by atomic mass is 16.5. The summed E-state index contributed by atoms with van der Waals surface area (Å²) in [6.07, 6.45) is -0.0854. The largest absolute Gasteiger partial charge is 0.383 e. The predicted molar refractivity (Wildman–Crippen MR) is 109 cm³/mol. The second kappa shape index (κ2) is 9.01. The Hall–Kier alpha value is -2.99. The van der Waals surface area contributed by atoms with E-state index in [1.807, 2.05) is 61.5 Å². The van der Waals surface area contributed by atoms with E-state index >= 15 is 0 Å². The Balaban J connectivity index is 1.86. The normalized spacial score (nSPS) is 18.9. The molecule has 3 amide bonds. The first-order valence-electron chi connectivity index (χ1n) is 9.68. The van der Waals surface area contributed by atoms with E-state index in [1.54, 1.807) is 0 Å². The summed E-state index contributed by atoms with van der Waals surface area (Å²) in [6.45, 7) is 2.72. The average molecular weight is 394 g/mol. The van der Waals surface area contributed by atoms with Crippen LogP contribution in [0.15, 0.2) is 54.6 Å². The Kier molecular flexibility index (Phi) is 6.44. The lowest BCUT2D eigenvalue weighted by atomic mass is 9.74. The van der Waals surface area contributed by atoms with Gasteiger partial charge in [0.15, 0.2) is 0 Å². The van der Waals surface area contributed by atoms with Crippen LogP contribution in [0.1, 0.15) is 29.5 Å². The number of nitrogens with one attached hydrogen (secondary N) is 1. The molecule has 2 aromatic carbocycles. The lowest BCUT2D eigenvalue weighted by Gasteiger charge is -2.28. The van der Waals surface area contributed by atoms with Gasteiger partial charge in [0, 0.05) is 26.5 Å². The fourth-order valence-corrected chi connectivity index (χ4v) is 3.90. The van der Waals surface area contributed by atoms with Gasteiger partial charge < -0.3 is 10.1 Å². The van der Waals surface area contributed by atoms with E-state index in [9.17, 15) is 14.4 Å². The molecule has 1 heterocycles. The van der Waals surface area contributed by atoms with Crippen LogP contribution in [0.3, 0.4) is 0 Å². The van der Waals surface area contributed by atoms with E-state index in [1.165, 1.54) is 12.0 Å². The molecule has 6 heteroatoms. The number of carbonyl (C=O) groups is 3. The summed E-state index contributed by atoms with van der Waals surface area (Å²) in [5.41, 5.74) is 1.41. The second-order valence-electron chi connectivity index (χ2n) is 7.36. The monoisotopic (exact) mass is 394 g/mol. The SMILES string of the molecule is COCCN1C(=O)CC(CC(=O)NCc2ccccc2)(c2ccccc2C)C1=O. The van der Waals surface area contributed by atoms with Crippen LogP contribution in [0.25, 0.3) is 0 Å². The van der Waals surface area contributed by atoms with E-state index in [0.29, 0.717) is 6.54 Å². The van der Waals surface area contributed by atoms with Crippen molar-refractivity contribution in [1.82, 2.24) is 10.2 Å². The maximum absolute atomic E-state index is 13.4. The first-order chi connectivity index (χ1) is 14.0. The minimum atomic E-state index is -1.18. The Bertz CT molecular complexity index is 897. The molecule has 1 aliphatic heterocycles. The number of likely N-dealkylation sites (tertiary alicyclic amines) is 1. The standard InChI is InChI=1S/C23H26N2O4/c1-17-8-6-7-11-19(17)23(15-21(27)25(22(23)28)12-13-29-2)14-20(26)24-16-18-9-4-3-5-10-18/h3-11H,12-16H2,1-2H3,(H,24,26). The fraction of sp³-hybridized carbons (Fsp3) is 0.348. The summed E-state index contributed by atoms with van der Waals surface area (Å²) in [6, 6.07) is 17.0. The Labute approximate surface area is 170 Å². The molecule has 0 spiro atoms. The molecule has 0 radical (unpaired) electrons. The molecule has 1 fully saturated rings.